The fourth-order valence-electron chi connectivity index (χ4n) is 3.66. The van der Waals surface area contributed by atoms with Gasteiger partial charge in [0.2, 0.25) is 5.16 Å². The first-order chi connectivity index (χ1) is 13.5. The largest absolute Gasteiger partial charge is 0.352 e. The molecule has 0 N–H and O–H groups in total. The molecule has 0 aromatic heterocycles. The van der Waals surface area contributed by atoms with Gasteiger partial charge in [0.05, 0.1) is 18.7 Å². The van der Waals surface area contributed by atoms with Gasteiger partial charge in [-0.05, 0) is 11.6 Å². The van der Waals surface area contributed by atoms with Gasteiger partial charge >= 0.3 is 7.60 Å². The number of benzene rings is 2. The molecule has 3 rings (SSSR count). The highest BCUT2D eigenvalue weighted by molar-refractivity contribution is 7.56. The quantitative estimate of drug-likeness (QED) is 0.693. The zero-order valence-corrected chi connectivity index (χ0v) is 16.3. The predicted octanol–water partition coefficient (Wildman–Crippen LogP) is 3.58. The molecule has 1 aliphatic heterocycles. The fraction of sp³-hybridized carbons (Fsp3) is 0.250. The SMILES string of the molecule is COP(=O)(OC)C1(C(C#N)C#N)C(=O)N(Cc2ccccc2)c2ccccc21. The first-order valence-electron chi connectivity index (χ1n) is 8.46. The van der Waals surface area contributed by atoms with Gasteiger partial charge in [0.25, 0.3) is 5.91 Å². The zero-order chi connectivity index (χ0) is 20.4. The van der Waals surface area contributed by atoms with Crippen LogP contribution in [0.5, 0.6) is 0 Å². The van der Waals surface area contributed by atoms with E-state index in [0.29, 0.717) is 5.69 Å². The number of rotatable bonds is 6. The summed E-state index contributed by atoms with van der Waals surface area (Å²) in [6.07, 6.45) is 0. The van der Waals surface area contributed by atoms with Crippen LogP contribution in [0.1, 0.15) is 11.1 Å². The second-order valence-electron chi connectivity index (χ2n) is 6.21. The second kappa shape index (κ2) is 7.58. The molecule has 1 amide bonds. The molecule has 0 radical (unpaired) electrons. The minimum Gasteiger partial charge on any atom is -0.311 e. The Bertz CT molecular complexity index is 1010. The second-order valence-corrected chi connectivity index (χ2v) is 8.64. The molecule has 0 saturated heterocycles. The maximum atomic E-state index is 13.7. The van der Waals surface area contributed by atoms with E-state index in [1.807, 2.05) is 42.5 Å². The molecule has 1 aliphatic rings. The summed E-state index contributed by atoms with van der Waals surface area (Å²) in [5.74, 6) is -2.22. The van der Waals surface area contributed by atoms with Crippen LogP contribution in [0, 0.1) is 28.6 Å². The van der Waals surface area contributed by atoms with E-state index in [0.717, 1.165) is 19.8 Å². The Morgan fingerprint density at radius 3 is 2.18 bits per heavy atom. The maximum absolute atomic E-state index is 13.7. The molecule has 1 heterocycles. The van der Waals surface area contributed by atoms with Gasteiger partial charge in [0.1, 0.15) is 0 Å². The van der Waals surface area contributed by atoms with Crippen LogP contribution in [0.25, 0.3) is 0 Å². The van der Waals surface area contributed by atoms with Crippen molar-refractivity contribution in [1.29, 1.82) is 10.5 Å². The normalized spacial score (nSPS) is 18.6. The van der Waals surface area contributed by atoms with Crippen LogP contribution in [0.2, 0.25) is 0 Å². The molecule has 142 valence electrons. The molecule has 28 heavy (non-hydrogen) atoms. The van der Waals surface area contributed by atoms with Crippen LogP contribution in [0.4, 0.5) is 5.69 Å². The number of nitriles is 2. The average molecular weight is 395 g/mol. The Labute approximate surface area is 163 Å². The molecule has 2 aromatic carbocycles. The van der Waals surface area contributed by atoms with E-state index in [4.69, 9.17) is 9.05 Å². The van der Waals surface area contributed by atoms with Gasteiger partial charge in [0, 0.05) is 25.5 Å². The van der Waals surface area contributed by atoms with Crippen molar-refractivity contribution in [3.63, 3.8) is 0 Å². The van der Waals surface area contributed by atoms with Gasteiger partial charge in [-0.1, -0.05) is 48.5 Å². The van der Waals surface area contributed by atoms with Crippen LogP contribution in [-0.2, 0) is 30.1 Å². The minimum atomic E-state index is -4.22. The molecular formula is C20H18N3O4P. The van der Waals surface area contributed by atoms with E-state index in [1.165, 1.54) is 4.90 Å². The lowest BCUT2D eigenvalue weighted by Crippen LogP contribution is -2.45. The average Bonchev–Trinajstić information content (AvgIpc) is 2.99. The monoisotopic (exact) mass is 395 g/mol. The third kappa shape index (κ3) is 2.65. The number of amides is 1. The first-order valence-corrected chi connectivity index (χ1v) is 10.0. The van der Waals surface area contributed by atoms with Gasteiger partial charge in [0.15, 0.2) is 5.92 Å². The third-order valence-corrected chi connectivity index (χ3v) is 7.46. The van der Waals surface area contributed by atoms with E-state index in [-0.39, 0.29) is 12.1 Å². The van der Waals surface area contributed by atoms with E-state index in [1.54, 1.807) is 24.3 Å². The van der Waals surface area contributed by atoms with Crippen molar-refractivity contribution in [3.8, 4) is 12.1 Å². The molecule has 0 fully saturated rings. The van der Waals surface area contributed by atoms with Crippen molar-refractivity contribution in [2.45, 2.75) is 11.7 Å². The maximum Gasteiger partial charge on any atom is 0.352 e. The van der Waals surface area contributed by atoms with Crippen molar-refractivity contribution in [2.75, 3.05) is 19.1 Å². The van der Waals surface area contributed by atoms with Crippen molar-refractivity contribution >= 4 is 19.2 Å². The van der Waals surface area contributed by atoms with Gasteiger partial charge in [-0.25, -0.2) is 0 Å². The van der Waals surface area contributed by atoms with Gasteiger partial charge in [-0.2, -0.15) is 10.5 Å². The number of nitrogens with zero attached hydrogens (tertiary/aromatic N) is 3. The molecule has 7 nitrogen and oxygen atoms in total. The van der Waals surface area contributed by atoms with E-state index in [2.05, 4.69) is 0 Å². The number of hydrogen-bond donors (Lipinski definition) is 0. The van der Waals surface area contributed by atoms with Crippen LogP contribution in [0.15, 0.2) is 54.6 Å². The highest BCUT2D eigenvalue weighted by atomic mass is 31.2. The van der Waals surface area contributed by atoms with E-state index < -0.39 is 24.6 Å². The molecule has 8 heteroatoms. The van der Waals surface area contributed by atoms with Crippen LogP contribution >= 0.6 is 7.60 Å². The highest BCUT2D eigenvalue weighted by Gasteiger charge is 2.68. The molecule has 0 saturated carbocycles. The predicted molar refractivity (Wildman–Crippen MR) is 102 cm³/mol. The Morgan fingerprint density at radius 1 is 1.04 bits per heavy atom. The zero-order valence-electron chi connectivity index (χ0n) is 15.4. The van der Waals surface area contributed by atoms with E-state index in [9.17, 15) is 19.9 Å². The van der Waals surface area contributed by atoms with Crippen molar-refractivity contribution in [3.05, 3.63) is 65.7 Å². The third-order valence-electron chi connectivity index (χ3n) is 4.95. The number of carbonyl (C=O) groups is 1. The summed E-state index contributed by atoms with van der Waals surface area (Å²) in [6.45, 7) is 0.190. The van der Waals surface area contributed by atoms with Gasteiger partial charge in [-0.15, -0.1) is 0 Å². The lowest BCUT2D eigenvalue weighted by atomic mass is 9.87. The number of carbonyl (C=O) groups excluding carboxylic acids is 1. The number of hydrogen-bond acceptors (Lipinski definition) is 6. The summed E-state index contributed by atoms with van der Waals surface area (Å²) < 4.78 is 23.9. The summed E-state index contributed by atoms with van der Waals surface area (Å²) in [6, 6.07) is 19.6. The number of anilines is 1. The topological polar surface area (TPSA) is 103 Å². The summed E-state index contributed by atoms with van der Waals surface area (Å²) in [4.78, 5) is 15.1. The lowest BCUT2D eigenvalue weighted by molar-refractivity contribution is -0.121. The molecule has 0 bridgehead atoms. The van der Waals surface area contributed by atoms with Crippen LogP contribution in [0.3, 0.4) is 0 Å². The van der Waals surface area contributed by atoms with Crippen molar-refractivity contribution in [2.24, 2.45) is 5.92 Å². The highest BCUT2D eigenvalue weighted by Crippen LogP contribution is 2.71. The summed E-state index contributed by atoms with van der Waals surface area (Å²) in [5, 5.41) is 17.2. The lowest BCUT2D eigenvalue weighted by Gasteiger charge is -2.34. The van der Waals surface area contributed by atoms with Crippen molar-refractivity contribution < 1.29 is 18.4 Å². The fourth-order valence-corrected chi connectivity index (χ4v) is 5.66. The smallest absolute Gasteiger partial charge is 0.311 e. The number of para-hydroxylation sites is 1. The molecule has 1 atom stereocenters. The van der Waals surface area contributed by atoms with Crippen LogP contribution in [-0.4, -0.2) is 20.1 Å². The minimum absolute atomic E-state index is 0.190. The standard InChI is InChI=1S/C20H18N3O4P/c1-26-28(25,27-2)20(16(12-21)13-22)17-10-6-7-11-18(17)23(19(20)24)14-15-8-4-3-5-9-15/h3-11,16H,14H2,1-2H3. The molecular weight excluding hydrogens is 377 g/mol. The summed E-state index contributed by atoms with van der Waals surface area (Å²) >= 11 is 0. The Balaban J connectivity index is 2.29. The van der Waals surface area contributed by atoms with Gasteiger partial charge in [-0.3, -0.25) is 9.36 Å². The first kappa shape index (κ1) is 19.8. The molecule has 0 spiro atoms. The van der Waals surface area contributed by atoms with Gasteiger partial charge < -0.3 is 13.9 Å². The summed E-state index contributed by atoms with van der Waals surface area (Å²) in [7, 11) is -1.92. The summed E-state index contributed by atoms with van der Waals surface area (Å²) in [5.41, 5.74) is 1.61. The van der Waals surface area contributed by atoms with Crippen LogP contribution < -0.4 is 4.90 Å². The molecule has 0 aliphatic carbocycles. The Morgan fingerprint density at radius 2 is 1.61 bits per heavy atom. The molecule has 1 unspecified atom stereocenters. The Kier molecular flexibility index (Phi) is 5.36. The number of fused-ring (bicyclic) bond motifs is 1. The molecule has 2 aromatic rings. The van der Waals surface area contributed by atoms with Crippen molar-refractivity contribution in [1.82, 2.24) is 0 Å². The van der Waals surface area contributed by atoms with E-state index >= 15 is 0 Å². The Hall–Kier alpha value is -2.96.